The molecule has 3 nitrogen and oxygen atoms in total. The number of fused-ring (bicyclic) bond motifs is 1. The summed E-state index contributed by atoms with van der Waals surface area (Å²) in [5, 5.41) is 14.6. The van der Waals surface area contributed by atoms with Crippen LogP contribution in [0.3, 0.4) is 0 Å². The molecule has 3 aromatic carbocycles. The van der Waals surface area contributed by atoms with Gasteiger partial charge in [-0.1, -0.05) is 70.8 Å². The second-order valence-electron chi connectivity index (χ2n) is 4.99. The average Bonchev–Trinajstić information content (AvgIpc) is 2.54. The zero-order chi connectivity index (χ0) is 16.2. The van der Waals surface area contributed by atoms with Crippen molar-refractivity contribution in [3.8, 4) is 5.75 Å². The molecule has 0 aliphatic carbocycles. The van der Waals surface area contributed by atoms with Crippen LogP contribution in [0.25, 0.3) is 10.8 Å². The Bertz CT molecular complexity index is 850. The van der Waals surface area contributed by atoms with E-state index < -0.39 is 0 Å². The highest BCUT2D eigenvalue weighted by atomic mass is 35.5. The number of hydrogen-bond acceptors (Lipinski definition) is 3. The smallest absolute Gasteiger partial charge is 0.157 e. The molecule has 0 fully saturated rings. The van der Waals surface area contributed by atoms with Crippen molar-refractivity contribution in [3.63, 3.8) is 0 Å². The van der Waals surface area contributed by atoms with Crippen LogP contribution in [0.4, 0.5) is 0 Å². The Balaban J connectivity index is 1.88. The summed E-state index contributed by atoms with van der Waals surface area (Å²) in [6.07, 6.45) is 1.26. The molecular formula is C18H13Cl2NO2. The highest BCUT2D eigenvalue weighted by Crippen LogP contribution is 2.34. The van der Waals surface area contributed by atoms with E-state index in [0.29, 0.717) is 28.0 Å². The molecule has 0 radical (unpaired) electrons. The second-order valence-corrected chi connectivity index (χ2v) is 5.80. The molecule has 5 heteroatoms. The van der Waals surface area contributed by atoms with Gasteiger partial charge >= 0.3 is 0 Å². The zero-order valence-electron chi connectivity index (χ0n) is 12.0. The standard InChI is InChI=1S/C18H13Cl2NO2/c19-16-8-12(10-21-22)9-17(20)18(16)23-11-14-6-3-5-13-4-1-2-7-15(13)14/h1-10,22H,11H2/b21-10-. The lowest BCUT2D eigenvalue weighted by atomic mass is 10.1. The molecule has 0 atom stereocenters. The van der Waals surface area contributed by atoms with Gasteiger partial charge in [0.2, 0.25) is 0 Å². The fraction of sp³-hybridized carbons (Fsp3) is 0.0556. The molecule has 23 heavy (non-hydrogen) atoms. The van der Waals surface area contributed by atoms with Crippen molar-refractivity contribution in [1.82, 2.24) is 0 Å². The van der Waals surface area contributed by atoms with Gasteiger partial charge in [-0.3, -0.25) is 0 Å². The van der Waals surface area contributed by atoms with Gasteiger partial charge in [-0.05, 0) is 34.0 Å². The van der Waals surface area contributed by atoms with Gasteiger partial charge in [0.25, 0.3) is 0 Å². The van der Waals surface area contributed by atoms with Crippen molar-refractivity contribution in [3.05, 3.63) is 75.8 Å². The van der Waals surface area contributed by atoms with Gasteiger partial charge in [-0.15, -0.1) is 0 Å². The Morgan fingerprint density at radius 2 is 1.70 bits per heavy atom. The molecule has 0 unspecified atom stereocenters. The summed E-state index contributed by atoms with van der Waals surface area (Å²) in [7, 11) is 0. The van der Waals surface area contributed by atoms with E-state index in [0.717, 1.165) is 16.3 Å². The first kappa shape index (κ1) is 15.7. The van der Waals surface area contributed by atoms with Gasteiger partial charge in [-0.2, -0.15) is 0 Å². The fourth-order valence-electron chi connectivity index (χ4n) is 2.43. The molecule has 0 bridgehead atoms. The topological polar surface area (TPSA) is 41.8 Å². The van der Waals surface area contributed by atoms with E-state index in [9.17, 15) is 0 Å². The van der Waals surface area contributed by atoms with Crippen molar-refractivity contribution >= 4 is 40.2 Å². The number of ether oxygens (including phenoxy) is 1. The monoisotopic (exact) mass is 345 g/mol. The van der Waals surface area contributed by atoms with Gasteiger partial charge in [0.15, 0.2) is 5.75 Å². The predicted octanol–water partition coefficient (Wildman–Crippen LogP) is 5.53. The molecule has 1 N–H and O–H groups in total. The molecule has 0 heterocycles. The summed E-state index contributed by atoms with van der Waals surface area (Å²) in [5.74, 6) is 0.413. The molecule has 3 rings (SSSR count). The number of rotatable bonds is 4. The summed E-state index contributed by atoms with van der Waals surface area (Å²) < 4.78 is 5.82. The van der Waals surface area contributed by atoms with E-state index in [-0.39, 0.29) is 0 Å². The molecule has 0 spiro atoms. The van der Waals surface area contributed by atoms with Crippen LogP contribution in [0, 0.1) is 0 Å². The van der Waals surface area contributed by atoms with Gasteiger partial charge in [0, 0.05) is 0 Å². The third-order valence-electron chi connectivity index (χ3n) is 3.48. The molecule has 0 amide bonds. The zero-order valence-corrected chi connectivity index (χ0v) is 13.6. The number of nitrogens with zero attached hydrogens (tertiary/aromatic N) is 1. The predicted molar refractivity (Wildman–Crippen MR) is 94.1 cm³/mol. The lowest BCUT2D eigenvalue weighted by molar-refractivity contribution is 0.308. The highest BCUT2D eigenvalue weighted by molar-refractivity contribution is 6.37. The quantitative estimate of drug-likeness (QED) is 0.383. The summed E-state index contributed by atoms with van der Waals surface area (Å²) in [6, 6.07) is 17.4. The molecule has 0 saturated carbocycles. The summed E-state index contributed by atoms with van der Waals surface area (Å²) in [6.45, 7) is 0.355. The summed E-state index contributed by atoms with van der Waals surface area (Å²) >= 11 is 12.4. The molecule has 116 valence electrons. The average molecular weight is 346 g/mol. The minimum Gasteiger partial charge on any atom is -0.486 e. The Kier molecular flexibility index (Phi) is 4.70. The first-order chi connectivity index (χ1) is 11.2. The van der Waals surface area contributed by atoms with Crippen LogP contribution < -0.4 is 4.74 Å². The molecule has 0 aliphatic heterocycles. The first-order valence-electron chi connectivity index (χ1n) is 6.95. The van der Waals surface area contributed by atoms with Crippen molar-refractivity contribution in [2.45, 2.75) is 6.61 Å². The van der Waals surface area contributed by atoms with Crippen LogP contribution in [-0.2, 0) is 6.61 Å². The van der Waals surface area contributed by atoms with Crippen molar-refractivity contribution in [2.75, 3.05) is 0 Å². The Hall–Kier alpha value is -2.23. The minimum atomic E-state index is 0.355. The second kappa shape index (κ2) is 6.90. The maximum Gasteiger partial charge on any atom is 0.157 e. The normalized spacial score (nSPS) is 11.2. The minimum absolute atomic E-state index is 0.355. The van der Waals surface area contributed by atoms with Crippen LogP contribution >= 0.6 is 23.2 Å². The van der Waals surface area contributed by atoms with Crippen molar-refractivity contribution in [2.24, 2.45) is 5.16 Å². The summed E-state index contributed by atoms with van der Waals surface area (Å²) in [4.78, 5) is 0. The third kappa shape index (κ3) is 3.41. The van der Waals surface area contributed by atoms with E-state index in [4.69, 9.17) is 33.1 Å². The van der Waals surface area contributed by atoms with Gasteiger partial charge in [0.05, 0.1) is 16.3 Å². The SMILES string of the molecule is O/N=C\c1cc(Cl)c(OCc2cccc3ccccc23)c(Cl)c1. The number of hydrogen-bond donors (Lipinski definition) is 1. The first-order valence-corrected chi connectivity index (χ1v) is 7.70. The van der Waals surface area contributed by atoms with Gasteiger partial charge in [0.1, 0.15) is 6.61 Å². The van der Waals surface area contributed by atoms with Crippen LogP contribution in [0.5, 0.6) is 5.75 Å². The molecular weight excluding hydrogens is 333 g/mol. The number of halogens is 2. The van der Waals surface area contributed by atoms with E-state index in [1.165, 1.54) is 6.21 Å². The lowest BCUT2D eigenvalue weighted by Crippen LogP contribution is -1.98. The lowest BCUT2D eigenvalue weighted by Gasteiger charge is -2.12. The number of benzene rings is 3. The van der Waals surface area contributed by atoms with Crippen molar-refractivity contribution < 1.29 is 9.94 Å². The molecule has 0 saturated heterocycles. The van der Waals surface area contributed by atoms with E-state index in [1.54, 1.807) is 12.1 Å². The van der Waals surface area contributed by atoms with Crippen LogP contribution in [0.15, 0.2) is 59.8 Å². The maximum atomic E-state index is 8.58. The Morgan fingerprint density at radius 3 is 2.43 bits per heavy atom. The fourth-order valence-corrected chi connectivity index (χ4v) is 3.04. The van der Waals surface area contributed by atoms with E-state index in [2.05, 4.69) is 23.4 Å². The highest BCUT2D eigenvalue weighted by Gasteiger charge is 2.10. The molecule has 3 aromatic rings. The largest absolute Gasteiger partial charge is 0.486 e. The van der Waals surface area contributed by atoms with E-state index >= 15 is 0 Å². The maximum absolute atomic E-state index is 8.58. The Morgan fingerprint density at radius 1 is 1.00 bits per heavy atom. The van der Waals surface area contributed by atoms with Crippen molar-refractivity contribution in [1.29, 1.82) is 0 Å². The number of oxime groups is 1. The molecule has 0 aliphatic rings. The van der Waals surface area contributed by atoms with Crippen LogP contribution in [0.2, 0.25) is 10.0 Å². The van der Waals surface area contributed by atoms with Gasteiger partial charge in [-0.25, -0.2) is 0 Å². The van der Waals surface area contributed by atoms with Gasteiger partial charge < -0.3 is 9.94 Å². The molecule has 0 aromatic heterocycles. The Labute approximate surface area is 143 Å². The van der Waals surface area contributed by atoms with E-state index in [1.807, 2.05) is 24.3 Å². The summed E-state index contributed by atoms with van der Waals surface area (Å²) in [5.41, 5.74) is 1.65. The third-order valence-corrected chi connectivity index (χ3v) is 4.04. The van der Waals surface area contributed by atoms with Crippen LogP contribution in [0.1, 0.15) is 11.1 Å². The van der Waals surface area contributed by atoms with Crippen LogP contribution in [-0.4, -0.2) is 11.4 Å².